The third-order valence-electron chi connectivity index (χ3n) is 3.43. The first-order valence-corrected chi connectivity index (χ1v) is 8.99. The van der Waals surface area contributed by atoms with Gasteiger partial charge in [-0.05, 0) is 46.5 Å². The standard InChI is InChI=1S/C15H17BrClN3S/c1-20(8-13-5-11(16)9-21-13)15-14(17)4-10(7-19-15)6-18-12-2-3-12/h4-5,7,9,12,18H,2-3,6,8H2,1H3. The Morgan fingerprint density at radius 1 is 1.48 bits per heavy atom. The van der Waals surface area contributed by atoms with Crippen LogP contribution in [0.3, 0.4) is 0 Å². The molecule has 0 bridgehead atoms. The van der Waals surface area contributed by atoms with Gasteiger partial charge in [0.15, 0.2) is 0 Å². The Bertz CT molecular complexity index is 627. The second kappa shape index (κ2) is 6.65. The lowest BCUT2D eigenvalue weighted by atomic mass is 10.2. The molecule has 0 radical (unpaired) electrons. The number of anilines is 1. The van der Waals surface area contributed by atoms with E-state index in [1.165, 1.54) is 17.7 Å². The van der Waals surface area contributed by atoms with E-state index in [1.54, 1.807) is 11.3 Å². The van der Waals surface area contributed by atoms with E-state index in [9.17, 15) is 0 Å². The first-order chi connectivity index (χ1) is 10.1. The van der Waals surface area contributed by atoms with Crippen LogP contribution in [-0.4, -0.2) is 18.1 Å². The zero-order valence-electron chi connectivity index (χ0n) is 11.8. The summed E-state index contributed by atoms with van der Waals surface area (Å²) in [6, 6.07) is 4.84. The normalized spacial score (nSPS) is 14.4. The summed E-state index contributed by atoms with van der Waals surface area (Å²) >= 11 is 11.6. The largest absolute Gasteiger partial charge is 0.353 e. The topological polar surface area (TPSA) is 28.2 Å². The number of thiophene rings is 1. The molecule has 21 heavy (non-hydrogen) atoms. The number of hydrogen-bond acceptors (Lipinski definition) is 4. The van der Waals surface area contributed by atoms with Gasteiger partial charge in [0.25, 0.3) is 0 Å². The van der Waals surface area contributed by atoms with Crippen molar-refractivity contribution in [3.8, 4) is 0 Å². The van der Waals surface area contributed by atoms with Gasteiger partial charge in [-0.25, -0.2) is 4.98 Å². The van der Waals surface area contributed by atoms with Gasteiger partial charge >= 0.3 is 0 Å². The summed E-state index contributed by atoms with van der Waals surface area (Å²) in [7, 11) is 2.02. The van der Waals surface area contributed by atoms with E-state index in [-0.39, 0.29) is 0 Å². The van der Waals surface area contributed by atoms with Gasteiger partial charge in [-0.1, -0.05) is 11.6 Å². The Morgan fingerprint density at radius 3 is 2.90 bits per heavy atom. The van der Waals surface area contributed by atoms with Crippen molar-refractivity contribution in [3.05, 3.63) is 43.6 Å². The first kappa shape index (κ1) is 15.3. The van der Waals surface area contributed by atoms with Crippen LogP contribution in [-0.2, 0) is 13.1 Å². The minimum absolute atomic E-state index is 0.698. The molecule has 2 heterocycles. The Labute approximate surface area is 142 Å². The van der Waals surface area contributed by atoms with Crippen LogP contribution >= 0.6 is 38.9 Å². The average Bonchev–Trinajstić information content (AvgIpc) is 3.19. The summed E-state index contributed by atoms with van der Waals surface area (Å²) in [6.45, 7) is 1.65. The van der Waals surface area contributed by atoms with Gasteiger partial charge in [0.05, 0.1) is 11.6 Å². The maximum absolute atomic E-state index is 6.39. The molecule has 0 aliphatic heterocycles. The van der Waals surface area contributed by atoms with Crippen LogP contribution < -0.4 is 10.2 Å². The van der Waals surface area contributed by atoms with Crippen LogP contribution in [0.15, 0.2) is 28.2 Å². The molecule has 0 spiro atoms. The highest BCUT2D eigenvalue weighted by atomic mass is 79.9. The lowest BCUT2D eigenvalue weighted by Gasteiger charge is -2.19. The number of hydrogen-bond donors (Lipinski definition) is 1. The summed E-state index contributed by atoms with van der Waals surface area (Å²) < 4.78 is 1.12. The third-order valence-corrected chi connectivity index (χ3v) is 5.39. The molecule has 0 unspecified atom stereocenters. The van der Waals surface area contributed by atoms with Gasteiger partial charge in [-0.2, -0.15) is 0 Å². The quantitative estimate of drug-likeness (QED) is 0.795. The van der Waals surface area contributed by atoms with Crippen LogP contribution in [0.25, 0.3) is 0 Å². The fourth-order valence-electron chi connectivity index (χ4n) is 2.14. The zero-order chi connectivity index (χ0) is 14.8. The molecule has 2 aromatic rings. The van der Waals surface area contributed by atoms with Crippen molar-refractivity contribution in [1.82, 2.24) is 10.3 Å². The van der Waals surface area contributed by atoms with Crippen molar-refractivity contribution in [3.63, 3.8) is 0 Å². The Balaban J connectivity index is 1.65. The van der Waals surface area contributed by atoms with Gasteiger partial charge in [0.2, 0.25) is 0 Å². The number of aromatic nitrogens is 1. The number of rotatable bonds is 6. The van der Waals surface area contributed by atoms with Gasteiger partial charge in [-0.15, -0.1) is 11.3 Å². The number of nitrogens with one attached hydrogen (secondary N) is 1. The molecular weight excluding hydrogens is 370 g/mol. The maximum atomic E-state index is 6.39. The predicted molar refractivity (Wildman–Crippen MR) is 93.2 cm³/mol. The molecule has 3 rings (SSSR count). The molecule has 0 atom stereocenters. The number of halogens is 2. The lowest BCUT2D eigenvalue weighted by Crippen LogP contribution is -2.19. The fraction of sp³-hybridized carbons (Fsp3) is 0.400. The third kappa shape index (κ3) is 4.19. The highest BCUT2D eigenvalue weighted by molar-refractivity contribution is 9.10. The predicted octanol–water partition coefficient (Wildman–Crippen LogP) is 4.45. The molecule has 1 fully saturated rings. The van der Waals surface area contributed by atoms with E-state index in [0.29, 0.717) is 11.1 Å². The Kier molecular flexibility index (Phi) is 4.84. The van der Waals surface area contributed by atoms with Gasteiger partial charge in [0, 0.05) is 40.6 Å². The molecule has 112 valence electrons. The number of pyridine rings is 1. The van der Waals surface area contributed by atoms with Crippen molar-refractivity contribution in [2.24, 2.45) is 0 Å². The van der Waals surface area contributed by atoms with E-state index in [1.807, 2.05) is 19.3 Å². The van der Waals surface area contributed by atoms with Crippen LogP contribution in [0, 0.1) is 0 Å². The Morgan fingerprint density at radius 2 is 2.29 bits per heavy atom. The van der Waals surface area contributed by atoms with Crippen LogP contribution in [0.1, 0.15) is 23.3 Å². The van der Waals surface area contributed by atoms with E-state index >= 15 is 0 Å². The van der Waals surface area contributed by atoms with E-state index in [0.717, 1.165) is 28.9 Å². The zero-order valence-corrected chi connectivity index (χ0v) is 14.9. The molecule has 1 aliphatic rings. The van der Waals surface area contributed by atoms with Gasteiger partial charge in [0.1, 0.15) is 5.82 Å². The summed E-state index contributed by atoms with van der Waals surface area (Å²) in [6.07, 6.45) is 4.49. The molecule has 0 aromatic carbocycles. The first-order valence-electron chi connectivity index (χ1n) is 6.93. The van der Waals surface area contributed by atoms with Crippen LogP contribution in [0.2, 0.25) is 5.02 Å². The fourth-order valence-corrected chi connectivity index (χ4v) is 3.98. The van der Waals surface area contributed by atoms with E-state index in [4.69, 9.17) is 11.6 Å². The van der Waals surface area contributed by atoms with Crippen LogP contribution in [0.4, 0.5) is 5.82 Å². The summed E-state index contributed by atoms with van der Waals surface area (Å²) in [5, 5.41) is 6.28. The highest BCUT2D eigenvalue weighted by Gasteiger charge is 2.20. The van der Waals surface area contributed by atoms with Crippen molar-refractivity contribution in [2.45, 2.75) is 32.0 Å². The van der Waals surface area contributed by atoms with Crippen molar-refractivity contribution >= 4 is 44.7 Å². The van der Waals surface area contributed by atoms with Crippen LogP contribution in [0.5, 0.6) is 0 Å². The van der Waals surface area contributed by atoms with E-state index in [2.05, 4.69) is 42.6 Å². The molecule has 2 aromatic heterocycles. The Hall–Kier alpha value is -0.620. The molecule has 1 saturated carbocycles. The molecule has 1 N–H and O–H groups in total. The van der Waals surface area contributed by atoms with Gasteiger partial charge < -0.3 is 10.2 Å². The molecule has 0 amide bonds. The lowest BCUT2D eigenvalue weighted by molar-refractivity contribution is 0.685. The molecule has 0 saturated heterocycles. The molecule has 1 aliphatic carbocycles. The summed E-state index contributed by atoms with van der Waals surface area (Å²) in [5.41, 5.74) is 1.14. The monoisotopic (exact) mass is 385 g/mol. The highest BCUT2D eigenvalue weighted by Crippen LogP contribution is 2.27. The minimum atomic E-state index is 0.698. The smallest absolute Gasteiger partial charge is 0.147 e. The van der Waals surface area contributed by atoms with Crippen molar-refractivity contribution in [1.29, 1.82) is 0 Å². The maximum Gasteiger partial charge on any atom is 0.147 e. The molecule has 3 nitrogen and oxygen atoms in total. The number of nitrogens with zero attached hydrogens (tertiary/aromatic N) is 2. The second-order valence-corrected chi connectivity index (χ2v) is 7.71. The van der Waals surface area contributed by atoms with Gasteiger partial charge in [-0.3, -0.25) is 0 Å². The summed E-state index contributed by atoms with van der Waals surface area (Å²) in [5.74, 6) is 0.830. The molecular formula is C15H17BrClN3S. The molecule has 6 heteroatoms. The average molecular weight is 387 g/mol. The second-order valence-electron chi connectivity index (χ2n) is 5.39. The minimum Gasteiger partial charge on any atom is -0.353 e. The van der Waals surface area contributed by atoms with Crippen molar-refractivity contribution in [2.75, 3.05) is 11.9 Å². The SMILES string of the molecule is CN(Cc1cc(Br)cs1)c1ncc(CNC2CC2)cc1Cl. The van der Waals surface area contributed by atoms with E-state index < -0.39 is 0 Å². The van der Waals surface area contributed by atoms with Crippen molar-refractivity contribution < 1.29 is 0 Å². The summed E-state index contributed by atoms with van der Waals surface area (Å²) in [4.78, 5) is 7.89.